The molecule has 19 heavy (non-hydrogen) atoms. The number of rotatable bonds is 4. The van der Waals surface area contributed by atoms with Crippen molar-refractivity contribution in [3.63, 3.8) is 0 Å². The van der Waals surface area contributed by atoms with Gasteiger partial charge in [-0.05, 0) is 54.7 Å². The summed E-state index contributed by atoms with van der Waals surface area (Å²) in [4.78, 5) is 4.17. The van der Waals surface area contributed by atoms with Crippen LogP contribution in [0.5, 0.6) is 0 Å². The topological polar surface area (TPSA) is 24.9 Å². The van der Waals surface area contributed by atoms with Crippen molar-refractivity contribution in [1.82, 2.24) is 10.3 Å². The molecule has 1 aromatic heterocycles. The van der Waals surface area contributed by atoms with Crippen molar-refractivity contribution >= 4 is 0 Å². The fraction of sp³-hybridized carbons (Fsp3) is 0.706. The molecule has 2 aliphatic carbocycles. The third-order valence-corrected chi connectivity index (χ3v) is 5.10. The first kappa shape index (κ1) is 13.1. The van der Waals surface area contributed by atoms with Gasteiger partial charge in [0.1, 0.15) is 0 Å². The van der Waals surface area contributed by atoms with E-state index in [-0.39, 0.29) is 0 Å². The van der Waals surface area contributed by atoms with E-state index in [4.69, 9.17) is 0 Å². The Labute approximate surface area is 117 Å². The van der Waals surface area contributed by atoms with E-state index in [1.54, 1.807) is 0 Å². The van der Waals surface area contributed by atoms with Gasteiger partial charge in [0.2, 0.25) is 0 Å². The number of pyridine rings is 1. The predicted molar refractivity (Wildman–Crippen MR) is 79.1 cm³/mol. The summed E-state index contributed by atoms with van der Waals surface area (Å²) in [5, 5.41) is 3.75. The van der Waals surface area contributed by atoms with E-state index >= 15 is 0 Å². The van der Waals surface area contributed by atoms with Crippen LogP contribution in [0, 0.1) is 11.3 Å². The van der Waals surface area contributed by atoms with Crippen molar-refractivity contribution in [2.45, 2.75) is 57.9 Å². The highest BCUT2D eigenvalue weighted by molar-refractivity contribution is 5.28. The Morgan fingerprint density at radius 3 is 2.37 bits per heavy atom. The van der Waals surface area contributed by atoms with Crippen LogP contribution in [0.3, 0.4) is 0 Å². The molecule has 0 aromatic carbocycles. The summed E-state index contributed by atoms with van der Waals surface area (Å²) >= 11 is 0. The lowest BCUT2D eigenvalue weighted by Crippen LogP contribution is -2.52. The van der Waals surface area contributed by atoms with Crippen LogP contribution in [0.1, 0.15) is 52.0 Å². The quantitative estimate of drug-likeness (QED) is 0.893. The molecule has 0 aliphatic heterocycles. The number of nitrogens with one attached hydrogen (secondary N) is 1. The molecule has 2 nitrogen and oxygen atoms in total. The van der Waals surface area contributed by atoms with Gasteiger partial charge in [-0.3, -0.25) is 4.98 Å². The summed E-state index contributed by atoms with van der Waals surface area (Å²) < 4.78 is 0. The molecule has 3 rings (SSSR count). The molecule has 2 saturated carbocycles. The fourth-order valence-corrected chi connectivity index (χ4v) is 3.31. The van der Waals surface area contributed by atoms with Crippen LogP contribution in [0.15, 0.2) is 24.5 Å². The van der Waals surface area contributed by atoms with Crippen LogP contribution in [0.4, 0.5) is 0 Å². The number of hydrogen-bond donors (Lipinski definition) is 1. The molecule has 104 valence electrons. The Morgan fingerprint density at radius 2 is 1.84 bits per heavy atom. The maximum Gasteiger partial charge on any atom is 0.0270 e. The third kappa shape index (κ3) is 2.69. The molecule has 0 spiro atoms. The minimum atomic E-state index is 0.365. The monoisotopic (exact) mass is 258 g/mol. The molecule has 1 N–H and O–H groups in total. The van der Waals surface area contributed by atoms with Crippen molar-refractivity contribution < 1.29 is 0 Å². The molecule has 1 heterocycles. The highest BCUT2D eigenvalue weighted by Gasteiger charge is 2.49. The summed E-state index contributed by atoms with van der Waals surface area (Å²) in [6.45, 7) is 8.28. The Kier molecular flexibility index (Phi) is 3.17. The number of hydrogen-bond acceptors (Lipinski definition) is 2. The molecule has 2 aliphatic rings. The summed E-state index contributed by atoms with van der Waals surface area (Å²) in [6.07, 6.45) is 9.27. The van der Waals surface area contributed by atoms with Crippen molar-refractivity contribution in [1.29, 1.82) is 0 Å². The lowest BCUT2D eigenvalue weighted by molar-refractivity contribution is 0.0446. The molecule has 2 fully saturated rings. The predicted octanol–water partition coefficient (Wildman–Crippen LogP) is 3.53. The largest absolute Gasteiger partial charge is 0.313 e. The van der Waals surface area contributed by atoms with E-state index in [9.17, 15) is 0 Å². The van der Waals surface area contributed by atoms with E-state index in [1.165, 1.54) is 31.2 Å². The molecule has 0 unspecified atom stereocenters. The van der Waals surface area contributed by atoms with Gasteiger partial charge in [0.25, 0.3) is 0 Å². The summed E-state index contributed by atoms with van der Waals surface area (Å²) in [5.41, 5.74) is 2.29. The van der Waals surface area contributed by atoms with Crippen LogP contribution in [0.2, 0.25) is 0 Å². The summed E-state index contributed by atoms with van der Waals surface area (Å²) in [6, 6.07) is 5.23. The maximum absolute atomic E-state index is 4.17. The lowest BCUT2D eigenvalue weighted by atomic mass is 9.52. The van der Waals surface area contributed by atoms with E-state index in [1.807, 2.05) is 12.4 Å². The van der Waals surface area contributed by atoms with Crippen molar-refractivity contribution in [2.24, 2.45) is 11.3 Å². The zero-order valence-electron chi connectivity index (χ0n) is 12.4. The second-order valence-electron chi connectivity index (χ2n) is 7.64. The van der Waals surface area contributed by atoms with Gasteiger partial charge in [-0.25, -0.2) is 0 Å². The Bertz CT molecular complexity index is 422. The van der Waals surface area contributed by atoms with E-state index in [0.717, 1.165) is 18.5 Å². The number of nitrogens with zero attached hydrogens (tertiary/aromatic N) is 1. The third-order valence-electron chi connectivity index (χ3n) is 5.10. The van der Waals surface area contributed by atoms with Crippen LogP contribution in [-0.4, -0.2) is 17.6 Å². The smallest absolute Gasteiger partial charge is 0.0270 e. The zero-order chi connectivity index (χ0) is 13.5. The molecule has 1 aromatic rings. The normalized spacial score (nSPS) is 31.0. The van der Waals surface area contributed by atoms with E-state index in [0.29, 0.717) is 10.8 Å². The Balaban J connectivity index is 1.74. The van der Waals surface area contributed by atoms with Crippen LogP contribution < -0.4 is 5.32 Å². The van der Waals surface area contributed by atoms with Crippen LogP contribution in [-0.2, 0) is 5.41 Å². The van der Waals surface area contributed by atoms with Gasteiger partial charge in [0.15, 0.2) is 0 Å². The Morgan fingerprint density at radius 1 is 1.21 bits per heavy atom. The molecule has 0 radical (unpaired) electrons. The van der Waals surface area contributed by atoms with E-state index < -0.39 is 0 Å². The molecule has 0 atom stereocenters. The highest BCUT2D eigenvalue weighted by Crippen LogP contribution is 2.54. The SMILES string of the molecule is CC(C)(C)C1CC(CNC2CC2)(c2ccncc2)C1. The average molecular weight is 258 g/mol. The average Bonchev–Trinajstić information content (AvgIpc) is 3.11. The molecule has 0 amide bonds. The van der Waals surface area contributed by atoms with Gasteiger partial charge >= 0.3 is 0 Å². The van der Waals surface area contributed by atoms with Gasteiger partial charge in [-0.15, -0.1) is 0 Å². The second-order valence-corrected chi connectivity index (χ2v) is 7.64. The van der Waals surface area contributed by atoms with Gasteiger partial charge in [0.05, 0.1) is 0 Å². The fourth-order valence-electron chi connectivity index (χ4n) is 3.31. The minimum absolute atomic E-state index is 0.365. The lowest BCUT2D eigenvalue weighted by Gasteiger charge is -2.53. The van der Waals surface area contributed by atoms with Crippen molar-refractivity contribution in [3.8, 4) is 0 Å². The zero-order valence-corrected chi connectivity index (χ0v) is 12.4. The molecule has 2 heteroatoms. The first-order valence-electron chi connectivity index (χ1n) is 7.63. The van der Waals surface area contributed by atoms with Crippen molar-refractivity contribution in [3.05, 3.63) is 30.1 Å². The first-order valence-corrected chi connectivity index (χ1v) is 7.63. The molecular formula is C17H26N2. The van der Waals surface area contributed by atoms with Crippen LogP contribution in [0.25, 0.3) is 0 Å². The second kappa shape index (κ2) is 4.59. The van der Waals surface area contributed by atoms with Gasteiger partial charge in [-0.1, -0.05) is 20.8 Å². The standard InChI is InChI=1S/C17H26N2/c1-16(2,3)14-10-17(11-14,12-19-15-4-5-15)13-6-8-18-9-7-13/h6-9,14-15,19H,4-5,10-12H2,1-3H3. The van der Waals surface area contributed by atoms with Gasteiger partial charge in [0, 0.05) is 30.4 Å². The molecule has 0 bridgehead atoms. The molecule has 0 saturated heterocycles. The Hall–Kier alpha value is -0.890. The van der Waals surface area contributed by atoms with Crippen LogP contribution >= 0.6 is 0 Å². The summed E-state index contributed by atoms with van der Waals surface area (Å²) in [7, 11) is 0. The summed E-state index contributed by atoms with van der Waals surface area (Å²) in [5.74, 6) is 0.849. The molecular weight excluding hydrogens is 232 g/mol. The highest BCUT2D eigenvalue weighted by atomic mass is 15.0. The number of aromatic nitrogens is 1. The van der Waals surface area contributed by atoms with Crippen molar-refractivity contribution in [2.75, 3.05) is 6.54 Å². The maximum atomic E-state index is 4.17. The van der Waals surface area contributed by atoms with E-state index in [2.05, 4.69) is 43.2 Å². The van der Waals surface area contributed by atoms with Gasteiger partial charge < -0.3 is 5.32 Å². The minimum Gasteiger partial charge on any atom is -0.313 e. The first-order chi connectivity index (χ1) is 9.00. The van der Waals surface area contributed by atoms with Gasteiger partial charge in [-0.2, -0.15) is 0 Å².